The molecule has 1 aliphatic rings. The van der Waals surface area contributed by atoms with Crippen molar-refractivity contribution in [2.75, 3.05) is 26.2 Å². The summed E-state index contributed by atoms with van der Waals surface area (Å²) >= 11 is 0. The molecule has 1 saturated heterocycles. The van der Waals surface area contributed by atoms with E-state index in [1.807, 2.05) is 24.3 Å². The first kappa shape index (κ1) is 23.4. The van der Waals surface area contributed by atoms with Crippen LogP contribution in [0.3, 0.4) is 0 Å². The van der Waals surface area contributed by atoms with E-state index in [0.717, 1.165) is 62.0 Å². The molecule has 0 bridgehead atoms. The van der Waals surface area contributed by atoms with Crippen LogP contribution in [0.15, 0.2) is 53.3 Å². The summed E-state index contributed by atoms with van der Waals surface area (Å²) in [6.07, 6.45) is 4.25. The van der Waals surface area contributed by atoms with Gasteiger partial charge in [0.2, 0.25) is 0 Å². The summed E-state index contributed by atoms with van der Waals surface area (Å²) in [7, 11) is 0. The molecule has 0 amide bonds. The zero-order valence-corrected chi connectivity index (χ0v) is 18.3. The molecule has 0 aliphatic carbocycles. The molecule has 2 heterocycles. The summed E-state index contributed by atoms with van der Waals surface area (Å²) in [5.41, 5.74) is 1.79. The molecule has 31 heavy (non-hydrogen) atoms. The van der Waals surface area contributed by atoms with Crippen molar-refractivity contribution in [2.45, 2.75) is 38.1 Å². The molecule has 4 rings (SSSR count). The van der Waals surface area contributed by atoms with Gasteiger partial charge in [0.25, 0.3) is 5.56 Å². The number of hydrogen-bond acceptors (Lipinski definition) is 3. The summed E-state index contributed by atoms with van der Waals surface area (Å²) in [6, 6.07) is 14.2. The molecule has 0 radical (unpaired) electrons. The van der Waals surface area contributed by atoms with Crippen LogP contribution in [0, 0.1) is 5.82 Å². The second-order valence-corrected chi connectivity index (χ2v) is 8.21. The Morgan fingerprint density at radius 1 is 1.06 bits per heavy atom. The molecule has 2 unspecified atom stereocenters. The van der Waals surface area contributed by atoms with Crippen LogP contribution >= 0.6 is 0 Å². The van der Waals surface area contributed by atoms with E-state index >= 15 is 0 Å². The van der Waals surface area contributed by atoms with Crippen molar-refractivity contribution in [3.8, 4) is 0 Å². The molecular weight excluding hydrogens is 417 g/mol. The van der Waals surface area contributed by atoms with Crippen molar-refractivity contribution in [3.05, 3.63) is 76.0 Å². The second kappa shape index (κ2) is 10.8. The molecule has 0 saturated carbocycles. The molecule has 3 aromatic rings. The lowest BCUT2D eigenvalue weighted by Crippen LogP contribution is -3.11. The van der Waals surface area contributed by atoms with Crippen LogP contribution in [0.5, 0.6) is 0 Å². The number of nitrogens with one attached hydrogen (secondary N) is 1. The largest absolute Gasteiger partial charge is 1.00 e. The Morgan fingerprint density at radius 3 is 2.55 bits per heavy atom. The molecule has 166 valence electrons. The van der Waals surface area contributed by atoms with Crippen LogP contribution in [0.2, 0.25) is 0 Å². The normalized spacial score (nSPS) is 19.0. The van der Waals surface area contributed by atoms with E-state index in [1.54, 1.807) is 16.8 Å². The number of rotatable bonds is 6. The highest BCUT2D eigenvalue weighted by molar-refractivity contribution is 5.83. The van der Waals surface area contributed by atoms with Gasteiger partial charge in [-0.05, 0) is 36.6 Å². The van der Waals surface area contributed by atoms with Gasteiger partial charge in [0.05, 0.1) is 36.8 Å². The standard InChI is InChI=1S/C24H28FN3O2.ClH/c25-19-10-8-18(9-11-19)17-23-21-6-1-2-7-22(21)24(30)28(26-23)20-5-3-13-27(15-12-20)14-4-16-29;/h1-2,6-11,20,29H,3-5,12-17H2;1H. The number of hydrogen-bond donors (Lipinski definition) is 2. The third kappa shape index (κ3) is 5.50. The van der Waals surface area contributed by atoms with Gasteiger partial charge in [-0.2, -0.15) is 5.10 Å². The minimum absolute atomic E-state index is 0. The number of aromatic nitrogens is 2. The summed E-state index contributed by atoms with van der Waals surface area (Å²) < 4.78 is 15.0. The van der Waals surface area contributed by atoms with Gasteiger partial charge in [0.15, 0.2) is 0 Å². The highest BCUT2D eigenvalue weighted by Gasteiger charge is 2.23. The Hall–Kier alpha value is -2.28. The van der Waals surface area contributed by atoms with E-state index in [1.165, 1.54) is 17.0 Å². The maximum Gasteiger partial charge on any atom is 0.274 e. The van der Waals surface area contributed by atoms with Crippen molar-refractivity contribution in [3.63, 3.8) is 0 Å². The first-order chi connectivity index (χ1) is 14.7. The monoisotopic (exact) mass is 445 g/mol. The minimum atomic E-state index is -0.256. The zero-order chi connectivity index (χ0) is 20.9. The van der Waals surface area contributed by atoms with E-state index < -0.39 is 0 Å². The highest BCUT2D eigenvalue weighted by atomic mass is 35.5. The lowest BCUT2D eigenvalue weighted by atomic mass is 10.0. The minimum Gasteiger partial charge on any atom is -1.00 e. The molecular formula is C24H29ClFN3O2. The number of benzene rings is 2. The molecule has 1 fully saturated rings. The summed E-state index contributed by atoms with van der Waals surface area (Å²) in [6.45, 7) is 3.25. The Balaban J connectivity index is 0.00000272. The molecule has 1 aromatic heterocycles. The number of fused-ring (bicyclic) bond motifs is 1. The maximum absolute atomic E-state index is 13.3. The average molecular weight is 446 g/mol. The summed E-state index contributed by atoms with van der Waals surface area (Å²) in [5.74, 6) is -0.256. The average Bonchev–Trinajstić information content (AvgIpc) is 3.01. The topological polar surface area (TPSA) is 59.6 Å². The highest BCUT2D eigenvalue weighted by Crippen LogP contribution is 2.21. The molecule has 5 nitrogen and oxygen atoms in total. The maximum atomic E-state index is 13.3. The Kier molecular flexibility index (Phi) is 8.18. The van der Waals surface area contributed by atoms with Crippen LogP contribution in [-0.4, -0.2) is 41.1 Å². The lowest BCUT2D eigenvalue weighted by Gasteiger charge is -2.19. The van der Waals surface area contributed by atoms with Crippen molar-refractivity contribution >= 4 is 10.8 Å². The smallest absolute Gasteiger partial charge is 0.274 e. The fourth-order valence-electron chi connectivity index (χ4n) is 4.50. The van der Waals surface area contributed by atoms with Crippen LogP contribution in [-0.2, 0) is 6.42 Å². The van der Waals surface area contributed by atoms with Crippen molar-refractivity contribution in [1.29, 1.82) is 0 Å². The van der Waals surface area contributed by atoms with Crippen LogP contribution in [0.25, 0.3) is 10.8 Å². The van der Waals surface area contributed by atoms with Gasteiger partial charge < -0.3 is 22.4 Å². The molecule has 2 atom stereocenters. The second-order valence-electron chi connectivity index (χ2n) is 8.21. The lowest BCUT2D eigenvalue weighted by molar-refractivity contribution is -0.899. The molecule has 2 N–H and O–H groups in total. The van der Waals surface area contributed by atoms with Gasteiger partial charge in [-0.25, -0.2) is 9.07 Å². The van der Waals surface area contributed by atoms with Gasteiger partial charge >= 0.3 is 0 Å². The van der Waals surface area contributed by atoms with E-state index in [2.05, 4.69) is 0 Å². The van der Waals surface area contributed by atoms with Crippen LogP contribution in [0.4, 0.5) is 4.39 Å². The SMILES string of the molecule is O=c1c2ccccc2c(Cc2ccc(F)cc2)nn1C1CCC[NH+](CCCO)CC1.[Cl-]. The first-order valence-corrected chi connectivity index (χ1v) is 10.8. The van der Waals surface area contributed by atoms with Crippen LogP contribution in [0.1, 0.15) is 43.0 Å². The fourth-order valence-corrected chi connectivity index (χ4v) is 4.50. The first-order valence-electron chi connectivity index (χ1n) is 10.8. The van der Waals surface area contributed by atoms with Gasteiger partial charge in [-0.15, -0.1) is 0 Å². The number of quaternary nitrogens is 1. The van der Waals surface area contributed by atoms with Crippen molar-refractivity contribution < 1.29 is 26.8 Å². The number of likely N-dealkylation sites (tertiary alicyclic amines) is 1. The number of aliphatic hydroxyl groups excluding tert-OH is 1. The Bertz CT molecular complexity index is 1050. The summed E-state index contributed by atoms with van der Waals surface area (Å²) in [4.78, 5) is 14.7. The van der Waals surface area contributed by atoms with E-state index in [9.17, 15) is 9.18 Å². The van der Waals surface area contributed by atoms with Gasteiger partial charge in [0.1, 0.15) is 5.82 Å². The fraction of sp³-hybridized carbons (Fsp3) is 0.417. The Morgan fingerprint density at radius 2 is 1.81 bits per heavy atom. The predicted octanol–water partition coefficient (Wildman–Crippen LogP) is -0.877. The number of nitrogens with zero attached hydrogens (tertiary/aromatic N) is 2. The van der Waals surface area contributed by atoms with Crippen LogP contribution < -0.4 is 22.9 Å². The van der Waals surface area contributed by atoms with E-state index in [-0.39, 0.29) is 36.4 Å². The van der Waals surface area contributed by atoms with E-state index in [4.69, 9.17) is 10.2 Å². The number of aliphatic hydroxyl groups is 1. The predicted molar refractivity (Wildman–Crippen MR) is 115 cm³/mol. The molecule has 1 aliphatic heterocycles. The van der Waals surface area contributed by atoms with Gasteiger partial charge in [-0.3, -0.25) is 4.79 Å². The Labute approximate surface area is 187 Å². The van der Waals surface area contributed by atoms with Gasteiger partial charge in [-0.1, -0.05) is 30.3 Å². The molecule has 7 heteroatoms. The summed E-state index contributed by atoms with van der Waals surface area (Å²) in [5, 5.41) is 15.5. The molecule has 0 spiro atoms. The zero-order valence-electron chi connectivity index (χ0n) is 17.6. The van der Waals surface area contributed by atoms with Crippen molar-refractivity contribution in [1.82, 2.24) is 9.78 Å². The molecule has 2 aromatic carbocycles. The van der Waals surface area contributed by atoms with Crippen molar-refractivity contribution in [2.24, 2.45) is 0 Å². The quantitative estimate of drug-likeness (QED) is 0.518. The van der Waals surface area contributed by atoms with Gasteiger partial charge in [0, 0.05) is 31.3 Å². The van der Waals surface area contributed by atoms with E-state index in [0.29, 0.717) is 11.8 Å². The third-order valence-corrected chi connectivity index (χ3v) is 6.12. The number of halogens is 2. The third-order valence-electron chi connectivity index (χ3n) is 6.12.